The molecule has 0 heterocycles. The summed E-state index contributed by atoms with van der Waals surface area (Å²) in [7, 11) is 1.72. The Morgan fingerprint density at radius 2 is 2.12 bits per heavy atom. The lowest BCUT2D eigenvalue weighted by atomic mass is 9.85. The molecule has 1 aliphatic carbocycles. The highest BCUT2D eigenvalue weighted by Gasteiger charge is 2.23. The maximum absolute atomic E-state index is 11.5. The molecule has 0 bridgehead atoms. The van der Waals surface area contributed by atoms with Crippen molar-refractivity contribution >= 4 is 5.97 Å². The van der Waals surface area contributed by atoms with E-state index < -0.39 is 0 Å². The Kier molecular flexibility index (Phi) is 6.16. The lowest BCUT2D eigenvalue weighted by Gasteiger charge is -2.22. The monoisotopic (exact) mass is 226 g/mol. The smallest absolute Gasteiger partial charge is 0.308 e. The van der Waals surface area contributed by atoms with E-state index >= 15 is 0 Å². The van der Waals surface area contributed by atoms with E-state index in [1.165, 1.54) is 5.57 Å². The Morgan fingerprint density at radius 1 is 1.44 bits per heavy atom. The van der Waals surface area contributed by atoms with Gasteiger partial charge in [0.2, 0.25) is 0 Å². The fourth-order valence-electron chi connectivity index (χ4n) is 2.07. The largest absolute Gasteiger partial charge is 0.466 e. The molecule has 0 amide bonds. The van der Waals surface area contributed by atoms with E-state index in [9.17, 15) is 4.79 Å². The first kappa shape index (κ1) is 13.2. The van der Waals surface area contributed by atoms with Crippen LogP contribution in [0.4, 0.5) is 0 Å². The van der Waals surface area contributed by atoms with Gasteiger partial charge in [-0.2, -0.15) is 0 Å². The summed E-state index contributed by atoms with van der Waals surface area (Å²) in [5.74, 6) is 0.109. The van der Waals surface area contributed by atoms with Crippen LogP contribution in [0.15, 0.2) is 11.6 Å². The van der Waals surface area contributed by atoms with Crippen molar-refractivity contribution in [2.75, 3.05) is 20.3 Å². The van der Waals surface area contributed by atoms with Crippen molar-refractivity contribution in [2.45, 2.75) is 39.0 Å². The molecule has 92 valence electrons. The number of hydrogen-bond acceptors (Lipinski definition) is 3. The van der Waals surface area contributed by atoms with Crippen LogP contribution in [0.3, 0.4) is 0 Å². The van der Waals surface area contributed by atoms with Crippen molar-refractivity contribution in [3.05, 3.63) is 11.6 Å². The first-order valence-electron chi connectivity index (χ1n) is 6.11. The molecule has 1 fully saturated rings. The first-order chi connectivity index (χ1) is 7.77. The number of hydrogen-bond donors (Lipinski definition) is 0. The van der Waals surface area contributed by atoms with Crippen molar-refractivity contribution in [3.63, 3.8) is 0 Å². The number of methoxy groups -OCH3 is 1. The third-order valence-electron chi connectivity index (χ3n) is 3.00. The highest BCUT2D eigenvalue weighted by Crippen LogP contribution is 2.29. The van der Waals surface area contributed by atoms with Crippen LogP contribution in [0.1, 0.15) is 39.0 Å². The minimum Gasteiger partial charge on any atom is -0.466 e. The molecule has 0 aromatic heterocycles. The van der Waals surface area contributed by atoms with Crippen LogP contribution in [0, 0.1) is 5.92 Å². The Morgan fingerprint density at radius 3 is 2.69 bits per heavy atom. The summed E-state index contributed by atoms with van der Waals surface area (Å²) in [5.41, 5.74) is 1.47. The zero-order valence-corrected chi connectivity index (χ0v) is 10.3. The predicted molar refractivity (Wildman–Crippen MR) is 63.2 cm³/mol. The van der Waals surface area contributed by atoms with Gasteiger partial charge in [-0.25, -0.2) is 0 Å². The fraction of sp³-hybridized carbons (Fsp3) is 0.769. The summed E-state index contributed by atoms with van der Waals surface area (Å²) in [4.78, 5) is 11.5. The molecule has 0 radical (unpaired) electrons. The Hall–Kier alpha value is -0.830. The highest BCUT2D eigenvalue weighted by molar-refractivity contribution is 5.72. The lowest BCUT2D eigenvalue weighted by Crippen LogP contribution is -2.21. The van der Waals surface area contributed by atoms with E-state index in [4.69, 9.17) is 9.47 Å². The molecule has 1 aliphatic rings. The molecule has 1 rings (SSSR count). The van der Waals surface area contributed by atoms with Crippen molar-refractivity contribution < 1.29 is 14.3 Å². The van der Waals surface area contributed by atoms with Crippen LogP contribution in [0.2, 0.25) is 0 Å². The first-order valence-corrected chi connectivity index (χ1v) is 6.11. The van der Waals surface area contributed by atoms with E-state index in [1.54, 1.807) is 7.11 Å². The van der Waals surface area contributed by atoms with Gasteiger partial charge in [0.05, 0.1) is 12.5 Å². The number of carbonyl (C=O) groups excluding carboxylic acids is 1. The molecule has 3 heteroatoms. The normalized spacial score (nSPS) is 20.6. The number of esters is 1. The summed E-state index contributed by atoms with van der Waals surface area (Å²) >= 11 is 0. The van der Waals surface area contributed by atoms with E-state index in [0.717, 1.165) is 38.7 Å². The number of carbonyl (C=O) groups is 1. The maximum Gasteiger partial charge on any atom is 0.308 e. The lowest BCUT2D eigenvalue weighted by molar-refractivity contribution is -0.148. The SMILES string of the molecule is CCOC(=O)C1CCC(=CCCOC)CC1. The zero-order chi connectivity index (χ0) is 11.8. The van der Waals surface area contributed by atoms with Gasteiger partial charge in [-0.15, -0.1) is 0 Å². The minimum absolute atomic E-state index is 0.0153. The summed E-state index contributed by atoms with van der Waals surface area (Å²) in [6, 6.07) is 0. The van der Waals surface area contributed by atoms with Gasteiger partial charge in [0.15, 0.2) is 0 Å². The van der Waals surface area contributed by atoms with Gasteiger partial charge in [-0.3, -0.25) is 4.79 Å². The maximum atomic E-state index is 11.5. The van der Waals surface area contributed by atoms with Crippen molar-refractivity contribution in [1.29, 1.82) is 0 Å². The second-order valence-electron chi connectivity index (χ2n) is 4.17. The van der Waals surface area contributed by atoms with Crippen LogP contribution in [-0.4, -0.2) is 26.3 Å². The third kappa shape index (κ3) is 4.35. The molecule has 0 unspecified atom stereocenters. The van der Waals surface area contributed by atoms with Crippen LogP contribution in [-0.2, 0) is 14.3 Å². The van der Waals surface area contributed by atoms with E-state index in [1.807, 2.05) is 6.92 Å². The Bertz CT molecular complexity index is 236. The zero-order valence-electron chi connectivity index (χ0n) is 10.3. The average Bonchev–Trinajstić information content (AvgIpc) is 2.30. The minimum atomic E-state index is -0.0153. The predicted octanol–water partition coefficient (Wildman–Crippen LogP) is 2.70. The van der Waals surface area contributed by atoms with Gasteiger partial charge in [0, 0.05) is 13.7 Å². The highest BCUT2D eigenvalue weighted by atomic mass is 16.5. The topological polar surface area (TPSA) is 35.5 Å². The molecule has 16 heavy (non-hydrogen) atoms. The molecule has 0 aromatic rings. The van der Waals surface area contributed by atoms with Crippen molar-refractivity contribution in [1.82, 2.24) is 0 Å². The third-order valence-corrected chi connectivity index (χ3v) is 3.00. The van der Waals surface area contributed by atoms with Crippen LogP contribution < -0.4 is 0 Å². The molecule has 0 N–H and O–H groups in total. The van der Waals surface area contributed by atoms with Crippen LogP contribution in [0.5, 0.6) is 0 Å². The Balaban J connectivity index is 2.28. The van der Waals surface area contributed by atoms with Gasteiger partial charge in [0.1, 0.15) is 0 Å². The van der Waals surface area contributed by atoms with E-state index in [-0.39, 0.29) is 11.9 Å². The van der Waals surface area contributed by atoms with Crippen LogP contribution in [0.25, 0.3) is 0 Å². The number of ether oxygens (including phenoxy) is 2. The second kappa shape index (κ2) is 7.44. The summed E-state index contributed by atoms with van der Waals surface area (Å²) < 4.78 is 10.0. The van der Waals surface area contributed by atoms with Gasteiger partial charge < -0.3 is 9.47 Å². The Labute approximate surface area is 97.8 Å². The molecular formula is C13H22O3. The molecule has 0 saturated heterocycles. The summed E-state index contributed by atoms with van der Waals surface area (Å²) in [6.45, 7) is 3.13. The van der Waals surface area contributed by atoms with Gasteiger partial charge >= 0.3 is 5.97 Å². The van der Waals surface area contributed by atoms with Crippen LogP contribution >= 0.6 is 0 Å². The van der Waals surface area contributed by atoms with E-state index in [0.29, 0.717) is 6.61 Å². The molecule has 3 nitrogen and oxygen atoms in total. The summed E-state index contributed by atoms with van der Waals surface area (Å²) in [6.07, 6.45) is 7.19. The molecule has 1 saturated carbocycles. The van der Waals surface area contributed by atoms with Gasteiger partial charge in [-0.05, 0) is 39.0 Å². The average molecular weight is 226 g/mol. The van der Waals surface area contributed by atoms with Crippen molar-refractivity contribution in [2.24, 2.45) is 5.92 Å². The quantitative estimate of drug-likeness (QED) is 0.411. The standard InChI is InChI=1S/C13H22O3/c1-3-16-13(14)12-8-6-11(7-9-12)5-4-10-15-2/h5,12H,3-4,6-10H2,1-2H3. The number of rotatable bonds is 5. The number of allylic oxidation sites excluding steroid dienone is 1. The molecule has 0 aliphatic heterocycles. The molecular weight excluding hydrogens is 204 g/mol. The molecule has 0 aromatic carbocycles. The summed E-state index contributed by atoms with van der Waals surface area (Å²) in [5, 5.41) is 0. The second-order valence-corrected chi connectivity index (χ2v) is 4.17. The fourth-order valence-corrected chi connectivity index (χ4v) is 2.07. The van der Waals surface area contributed by atoms with Gasteiger partial charge in [-0.1, -0.05) is 11.6 Å². The van der Waals surface area contributed by atoms with Crippen molar-refractivity contribution in [3.8, 4) is 0 Å². The molecule has 0 spiro atoms. The molecule has 0 atom stereocenters. The van der Waals surface area contributed by atoms with E-state index in [2.05, 4.69) is 6.08 Å². The van der Waals surface area contributed by atoms with Gasteiger partial charge in [0.25, 0.3) is 0 Å².